The molecule has 0 aliphatic heterocycles. The third kappa shape index (κ3) is 2.88. The first-order valence-corrected chi connectivity index (χ1v) is 4.81. The van der Waals surface area contributed by atoms with Crippen molar-refractivity contribution in [3.63, 3.8) is 0 Å². The maximum Gasteiger partial charge on any atom is 0.120 e. The summed E-state index contributed by atoms with van der Waals surface area (Å²) in [6.45, 7) is 4.47. The van der Waals surface area contributed by atoms with E-state index in [2.05, 4.69) is 32.8 Å². The van der Waals surface area contributed by atoms with Crippen LogP contribution in [-0.4, -0.2) is 19.0 Å². The summed E-state index contributed by atoms with van der Waals surface area (Å²) in [5.74, 6) is 1.76. The Balaban J connectivity index is 2.69. The van der Waals surface area contributed by atoms with Crippen LogP contribution in [0.5, 0.6) is 0 Å². The van der Waals surface area contributed by atoms with Gasteiger partial charge in [-0.1, -0.05) is 13.8 Å². The first kappa shape index (κ1) is 10.3. The molecule has 1 rings (SSSR count). The second-order valence-corrected chi connectivity index (χ2v) is 4.12. The van der Waals surface area contributed by atoms with Gasteiger partial charge in [-0.25, -0.2) is 0 Å². The van der Waals surface area contributed by atoms with Crippen molar-refractivity contribution in [2.24, 2.45) is 5.92 Å². The minimum Gasteiger partial charge on any atom is -0.468 e. The highest BCUT2D eigenvalue weighted by Crippen LogP contribution is 2.25. The molecule has 0 fully saturated rings. The average molecular weight is 181 g/mol. The lowest BCUT2D eigenvalue weighted by Crippen LogP contribution is -2.21. The second-order valence-electron chi connectivity index (χ2n) is 4.12. The Bertz CT molecular complexity index is 226. The summed E-state index contributed by atoms with van der Waals surface area (Å²) in [4.78, 5) is 2.21. The van der Waals surface area contributed by atoms with Crippen molar-refractivity contribution in [3.05, 3.63) is 24.2 Å². The summed E-state index contributed by atoms with van der Waals surface area (Å²) in [6, 6.07) is 4.41. The van der Waals surface area contributed by atoms with Crippen LogP contribution < -0.4 is 0 Å². The molecule has 1 atom stereocenters. The van der Waals surface area contributed by atoms with Gasteiger partial charge in [0.25, 0.3) is 0 Å². The van der Waals surface area contributed by atoms with E-state index in [1.54, 1.807) is 6.26 Å². The Morgan fingerprint density at radius 1 is 1.38 bits per heavy atom. The molecule has 1 heterocycles. The van der Waals surface area contributed by atoms with Crippen LogP contribution in [0.3, 0.4) is 0 Å². The Morgan fingerprint density at radius 3 is 2.46 bits per heavy atom. The van der Waals surface area contributed by atoms with E-state index < -0.39 is 0 Å². The summed E-state index contributed by atoms with van der Waals surface area (Å²) in [7, 11) is 4.19. The van der Waals surface area contributed by atoms with Crippen LogP contribution in [0.2, 0.25) is 0 Å². The zero-order valence-electron chi connectivity index (χ0n) is 8.95. The Morgan fingerprint density at radius 2 is 2.08 bits per heavy atom. The van der Waals surface area contributed by atoms with Crippen molar-refractivity contribution < 1.29 is 4.42 Å². The lowest BCUT2D eigenvalue weighted by atomic mass is 10.0. The van der Waals surface area contributed by atoms with Gasteiger partial charge in [0.05, 0.1) is 12.3 Å². The Kier molecular flexibility index (Phi) is 3.55. The van der Waals surface area contributed by atoms with Gasteiger partial charge >= 0.3 is 0 Å². The lowest BCUT2D eigenvalue weighted by molar-refractivity contribution is 0.225. The molecule has 13 heavy (non-hydrogen) atoms. The molecule has 0 amide bonds. The van der Waals surface area contributed by atoms with Crippen LogP contribution in [-0.2, 0) is 0 Å². The van der Waals surface area contributed by atoms with E-state index in [4.69, 9.17) is 4.42 Å². The van der Waals surface area contributed by atoms with E-state index in [1.807, 2.05) is 12.1 Å². The molecule has 0 N–H and O–H groups in total. The van der Waals surface area contributed by atoms with Crippen LogP contribution in [0.1, 0.15) is 32.1 Å². The van der Waals surface area contributed by atoms with E-state index in [-0.39, 0.29) is 0 Å². The monoisotopic (exact) mass is 181 g/mol. The fourth-order valence-corrected chi connectivity index (χ4v) is 1.51. The summed E-state index contributed by atoms with van der Waals surface area (Å²) < 4.78 is 5.42. The molecule has 0 saturated carbocycles. The van der Waals surface area contributed by atoms with Crippen LogP contribution in [0, 0.1) is 5.92 Å². The highest BCUT2D eigenvalue weighted by Gasteiger charge is 2.17. The molecule has 0 radical (unpaired) electrons. The van der Waals surface area contributed by atoms with Gasteiger partial charge in [0.1, 0.15) is 5.76 Å². The van der Waals surface area contributed by atoms with Crippen LogP contribution in [0.4, 0.5) is 0 Å². The average Bonchev–Trinajstić information content (AvgIpc) is 2.50. The summed E-state index contributed by atoms with van der Waals surface area (Å²) in [5.41, 5.74) is 0. The molecule has 2 heteroatoms. The largest absolute Gasteiger partial charge is 0.468 e. The highest BCUT2D eigenvalue weighted by atomic mass is 16.3. The summed E-state index contributed by atoms with van der Waals surface area (Å²) >= 11 is 0. The van der Waals surface area contributed by atoms with E-state index in [1.165, 1.54) is 0 Å². The number of furan rings is 1. The predicted molar refractivity (Wildman–Crippen MR) is 54.6 cm³/mol. The maximum absolute atomic E-state index is 5.42. The van der Waals surface area contributed by atoms with Crippen LogP contribution >= 0.6 is 0 Å². The lowest BCUT2D eigenvalue weighted by Gasteiger charge is -2.23. The molecule has 0 aliphatic carbocycles. The van der Waals surface area contributed by atoms with Gasteiger partial charge in [0, 0.05) is 0 Å². The van der Waals surface area contributed by atoms with E-state index >= 15 is 0 Å². The third-order valence-corrected chi connectivity index (χ3v) is 2.19. The fourth-order valence-electron chi connectivity index (χ4n) is 1.51. The minimum absolute atomic E-state index is 0.412. The van der Waals surface area contributed by atoms with Gasteiger partial charge in [-0.15, -0.1) is 0 Å². The van der Waals surface area contributed by atoms with Gasteiger partial charge < -0.3 is 4.42 Å². The predicted octanol–water partition coefficient (Wildman–Crippen LogP) is 2.93. The molecular weight excluding hydrogens is 162 g/mol. The van der Waals surface area contributed by atoms with Crippen LogP contribution in [0.25, 0.3) is 0 Å². The molecule has 0 bridgehead atoms. The van der Waals surface area contributed by atoms with Crippen molar-refractivity contribution in [1.29, 1.82) is 0 Å². The van der Waals surface area contributed by atoms with Gasteiger partial charge in [-0.05, 0) is 38.6 Å². The third-order valence-electron chi connectivity index (χ3n) is 2.19. The SMILES string of the molecule is CC(C)CC(c1ccco1)N(C)C. The number of rotatable bonds is 4. The number of hydrogen-bond donors (Lipinski definition) is 0. The molecule has 1 aromatic rings. The van der Waals surface area contributed by atoms with E-state index in [9.17, 15) is 0 Å². The van der Waals surface area contributed by atoms with Crippen LogP contribution in [0.15, 0.2) is 22.8 Å². The maximum atomic E-state index is 5.42. The van der Waals surface area contributed by atoms with E-state index in [0.717, 1.165) is 12.2 Å². The molecule has 74 valence electrons. The molecule has 1 aromatic heterocycles. The smallest absolute Gasteiger partial charge is 0.120 e. The van der Waals surface area contributed by atoms with Gasteiger partial charge in [0.2, 0.25) is 0 Å². The van der Waals surface area contributed by atoms with Gasteiger partial charge in [0.15, 0.2) is 0 Å². The van der Waals surface area contributed by atoms with Crippen molar-refractivity contribution in [2.75, 3.05) is 14.1 Å². The molecule has 2 nitrogen and oxygen atoms in total. The Hall–Kier alpha value is -0.760. The Labute approximate surface area is 80.5 Å². The summed E-state index contributed by atoms with van der Waals surface area (Å²) in [5, 5.41) is 0. The molecule has 0 spiro atoms. The second kappa shape index (κ2) is 4.47. The first-order chi connectivity index (χ1) is 6.11. The topological polar surface area (TPSA) is 16.4 Å². The van der Waals surface area contributed by atoms with Crippen molar-refractivity contribution in [2.45, 2.75) is 26.3 Å². The first-order valence-electron chi connectivity index (χ1n) is 4.81. The van der Waals surface area contributed by atoms with Crippen molar-refractivity contribution in [1.82, 2.24) is 4.90 Å². The van der Waals surface area contributed by atoms with Crippen molar-refractivity contribution in [3.8, 4) is 0 Å². The number of nitrogens with zero attached hydrogens (tertiary/aromatic N) is 1. The number of hydrogen-bond acceptors (Lipinski definition) is 2. The fraction of sp³-hybridized carbons (Fsp3) is 0.636. The van der Waals surface area contributed by atoms with Gasteiger partial charge in [-0.3, -0.25) is 4.90 Å². The molecule has 0 saturated heterocycles. The molecule has 0 aliphatic rings. The summed E-state index contributed by atoms with van der Waals surface area (Å²) in [6.07, 6.45) is 2.88. The highest BCUT2D eigenvalue weighted by molar-refractivity contribution is 5.04. The van der Waals surface area contributed by atoms with E-state index in [0.29, 0.717) is 12.0 Å². The normalized spacial score (nSPS) is 14.0. The zero-order valence-corrected chi connectivity index (χ0v) is 8.95. The molecule has 1 unspecified atom stereocenters. The molecule has 0 aromatic carbocycles. The quantitative estimate of drug-likeness (QED) is 0.710. The minimum atomic E-state index is 0.412. The standard InChI is InChI=1S/C11H19NO/c1-9(2)8-10(12(3)4)11-6-5-7-13-11/h5-7,9-10H,8H2,1-4H3. The zero-order chi connectivity index (χ0) is 9.84. The van der Waals surface area contributed by atoms with Crippen molar-refractivity contribution >= 4 is 0 Å². The van der Waals surface area contributed by atoms with Gasteiger partial charge in [-0.2, -0.15) is 0 Å². The molecular formula is C11H19NO.